The van der Waals surface area contributed by atoms with Gasteiger partial charge in [-0.2, -0.15) is 0 Å². The Balaban J connectivity index is 2.33. The van der Waals surface area contributed by atoms with E-state index in [0.717, 1.165) is 6.07 Å². The van der Waals surface area contributed by atoms with Crippen LogP contribution in [-0.2, 0) is 0 Å². The van der Waals surface area contributed by atoms with Crippen LogP contribution in [0.4, 0.5) is 10.1 Å². The summed E-state index contributed by atoms with van der Waals surface area (Å²) in [6.07, 6.45) is 0. The molecule has 0 atom stereocenters. The van der Waals surface area contributed by atoms with Gasteiger partial charge in [0.15, 0.2) is 11.5 Å². The van der Waals surface area contributed by atoms with Gasteiger partial charge in [-0.25, -0.2) is 4.39 Å². The molecule has 0 spiro atoms. The Morgan fingerprint density at radius 3 is 2.13 bits per heavy atom. The van der Waals surface area contributed by atoms with E-state index in [2.05, 4.69) is 5.32 Å². The molecule has 2 aromatic rings. The lowest BCUT2D eigenvalue weighted by Crippen LogP contribution is -2.12. The number of halogens is 2. The predicted octanol–water partition coefficient (Wildman–Crippen LogP) is 3.76. The molecule has 0 aliphatic carbocycles. The second-order valence-electron chi connectivity index (χ2n) is 4.50. The highest BCUT2D eigenvalue weighted by Gasteiger charge is 2.17. The van der Waals surface area contributed by atoms with Gasteiger partial charge in [0.05, 0.1) is 26.4 Å². The number of rotatable bonds is 5. The number of methoxy groups -OCH3 is 3. The molecule has 0 aliphatic heterocycles. The SMILES string of the molecule is COc1cc(C(=O)Nc2ccc(Cl)c(F)c2)cc(OC)c1OC. The van der Waals surface area contributed by atoms with Gasteiger partial charge in [0.2, 0.25) is 5.75 Å². The van der Waals surface area contributed by atoms with Crippen molar-refractivity contribution in [2.75, 3.05) is 26.6 Å². The minimum absolute atomic E-state index is 0.0178. The molecule has 0 fully saturated rings. The van der Waals surface area contributed by atoms with E-state index < -0.39 is 11.7 Å². The quantitative estimate of drug-likeness (QED) is 0.901. The number of hydrogen-bond donors (Lipinski definition) is 1. The molecule has 0 unspecified atom stereocenters. The minimum Gasteiger partial charge on any atom is -0.493 e. The average Bonchev–Trinajstić information content (AvgIpc) is 2.56. The Bertz CT molecular complexity index is 711. The summed E-state index contributed by atoms with van der Waals surface area (Å²) in [7, 11) is 4.37. The molecule has 0 saturated heterocycles. The molecule has 23 heavy (non-hydrogen) atoms. The van der Waals surface area contributed by atoms with Crippen LogP contribution in [0.1, 0.15) is 10.4 Å². The number of anilines is 1. The first-order valence-corrected chi connectivity index (χ1v) is 6.94. The van der Waals surface area contributed by atoms with Crippen molar-refractivity contribution in [1.82, 2.24) is 0 Å². The number of nitrogens with one attached hydrogen (secondary N) is 1. The summed E-state index contributed by atoms with van der Waals surface area (Å²) in [5.74, 6) is 0.00277. The molecule has 0 radical (unpaired) electrons. The van der Waals surface area contributed by atoms with Crippen LogP contribution in [0.5, 0.6) is 17.2 Å². The van der Waals surface area contributed by atoms with Crippen molar-refractivity contribution in [2.24, 2.45) is 0 Å². The largest absolute Gasteiger partial charge is 0.493 e. The second-order valence-corrected chi connectivity index (χ2v) is 4.90. The fourth-order valence-corrected chi connectivity index (χ4v) is 2.11. The van der Waals surface area contributed by atoms with Crippen molar-refractivity contribution < 1.29 is 23.4 Å². The van der Waals surface area contributed by atoms with Gasteiger partial charge < -0.3 is 19.5 Å². The maximum Gasteiger partial charge on any atom is 0.255 e. The van der Waals surface area contributed by atoms with Gasteiger partial charge in [-0.3, -0.25) is 4.79 Å². The zero-order valence-electron chi connectivity index (χ0n) is 12.8. The maximum absolute atomic E-state index is 13.4. The predicted molar refractivity (Wildman–Crippen MR) is 85.5 cm³/mol. The first kappa shape index (κ1) is 16.9. The lowest BCUT2D eigenvalue weighted by atomic mass is 10.1. The molecule has 0 bridgehead atoms. The van der Waals surface area contributed by atoms with Crippen molar-refractivity contribution in [3.8, 4) is 17.2 Å². The van der Waals surface area contributed by atoms with Crippen LogP contribution in [0, 0.1) is 5.82 Å². The maximum atomic E-state index is 13.4. The van der Waals surface area contributed by atoms with Gasteiger partial charge in [0.1, 0.15) is 5.82 Å². The number of carbonyl (C=O) groups is 1. The number of ether oxygens (including phenoxy) is 3. The number of hydrogen-bond acceptors (Lipinski definition) is 4. The molecule has 7 heteroatoms. The number of benzene rings is 2. The summed E-state index contributed by atoms with van der Waals surface area (Å²) in [6, 6.07) is 7.01. The van der Waals surface area contributed by atoms with Crippen LogP contribution in [0.2, 0.25) is 5.02 Å². The first-order chi connectivity index (χ1) is 11.0. The summed E-state index contributed by atoms with van der Waals surface area (Å²) in [6.45, 7) is 0. The Morgan fingerprint density at radius 2 is 1.65 bits per heavy atom. The molecule has 0 aromatic heterocycles. The van der Waals surface area contributed by atoms with Crippen LogP contribution < -0.4 is 19.5 Å². The average molecular weight is 340 g/mol. The van der Waals surface area contributed by atoms with Crippen LogP contribution in [0.25, 0.3) is 0 Å². The van der Waals surface area contributed by atoms with Crippen LogP contribution in [0.3, 0.4) is 0 Å². The van der Waals surface area contributed by atoms with Crippen molar-refractivity contribution in [3.05, 3.63) is 46.7 Å². The normalized spacial score (nSPS) is 10.1. The smallest absolute Gasteiger partial charge is 0.255 e. The Kier molecular flexibility index (Phi) is 5.28. The van der Waals surface area contributed by atoms with Crippen molar-refractivity contribution in [2.45, 2.75) is 0 Å². The third kappa shape index (κ3) is 3.65. The van der Waals surface area contributed by atoms with Gasteiger partial charge in [-0.1, -0.05) is 11.6 Å². The van der Waals surface area contributed by atoms with E-state index >= 15 is 0 Å². The molecule has 2 rings (SSSR count). The zero-order chi connectivity index (χ0) is 17.0. The van der Waals surface area contributed by atoms with E-state index in [1.807, 2.05) is 0 Å². The van der Waals surface area contributed by atoms with E-state index in [1.54, 1.807) is 0 Å². The fourth-order valence-electron chi connectivity index (χ4n) is 1.99. The van der Waals surface area contributed by atoms with Gasteiger partial charge in [0.25, 0.3) is 5.91 Å². The summed E-state index contributed by atoms with van der Waals surface area (Å²) < 4.78 is 29.0. The summed E-state index contributed by atoms with van der Waals surface area (Å²) in [5.41, 5.74) is 0.556. The van der Waals surface area contributed by atoms with Gasteiger partial charge in [0, 0.05) is 11.3 Å². The third-order valence-corrected chi connectivity index (χ3v) is 3.41. The van der Waals surface area contributed by atoms with Crippen molar-refractivity contribution in [1.29, 1.82) is 0 Å². The number of carbonyl (C=O) groups excluding carboxylic acids is 1. The Morgan fingerprint density at radius 1 is 1.04 bits per heavy atom. The van der Waals surface area contributed by atoms with Crippen LogP contribution in [0.15, 0.2) is 30.3 Å². The van der Waals surface area contributed by atoms with E-state index in [1.165, 1.54) is 45.6 Å². The minimum atomic E-state index is -0.616. The topological polar surface area (TPSA) is 56.8 Å². The number of amides is 1. The molecule has 1 amide bonds. The Labute approximate surface area is 137 Å². The molecular formula is C16H15ClFNO4. The fraction of sp³-hybridized carbons (Fsp3) is 0.188. The highest BCUT2D eigenvalue weighted by atomic mass is 35.5. The van der Waals surface area contributed by atoms with Crippen LogP contribution >= 0.6 is 11.6 Å². The zero-order valence-corrected chi connectivity index (χ0v) is 13.5. The molecular weight excluding hydrogens is 325 g/mol. The van der Waals surface area contributed by atoms with Crippen molar-refractivity contribution >= 4 is 23.2 Å². The molecule has 122 valence electrons. The van der Waals surface area contributed by atoms with Crippen molar-refractivity contribution in [3.63, 3.8) is 0 Å². The molecule has 0 aliphatic rings. The molecule has 2 aromatic carbocycles. The summed E-state index contributed by atoms with van der Waals surface area (Å²) >= 11 is 5.61. The standard InChI is InChI=1S/C16H15ClFNO4/c1-21-13-6-9(7-14(22-2)15(13)23-3)16(20)19-10-4-5-11(17)12(18)8-10/h4-8H,1-3H3,(H,19,20). The monoisotopic (exact) mass is 339 g/mol. The van der Waals surface area contributed by atoms with E-state index in [-0.39, 0.29) is 16.3 Å². The van der Waals surface area contributed by atoms with Gasteiger partial charge in [-0.15, -0.1) is 0 Å². The van der Waals surface area contributed by atoms with Gasteiger partial charge in [-0.05, 0) is 30.3 Å². The first-order valence-electron chi connectivity index (χ1n) is 6.56. The highest BCUT2D eigenvalue weighted by molar-refractivity contribution is 6.30. The highest BCUT2D eigenvalue weighted by Crippen LogP contribution is 2.38. The summed E-state index contributed by atoms with van der Waals surface area (Å²) in [4.78, 5) is 12.3. The molecule has 0 heterocycles. The molecule has 0 saturated carbocycles. The third-order valence-electron chi connectivity index (χ3n) is 3.10. The lowest BCUT2D eigenvalue weighted by Gasteiger charge is -2.14. The van der Waals surface area contributed by atoms with E-state index in [9.17, 15) is 9.18 Å². The molecule has 5 nitrogen and oxygen atoms in total. The van der Waals surface area contributed by atoms with Crippen LogP contribution in [-0.4, -0.2) is 27.2 Å². The molecule has 1 N–H and O–H groups in total. The van der Waals surface area contributed by atoms with Gasteiger partial charge >= 0.3 is 0 Å². The van der Waals surface area contributed by atoms with E-state index in [4.69, 9.17) is 25.8 Å². The lowest BCUT2D eigenvalue weighted by molar-refractivity contribution is 0.102. The summed E-state index contributed by atoms with van der Waals surface area (Å²) in [5, 5.41) is 2.56. The second kappa shape index (κ2) is 7.19. The van der Waals surface area contributed by atoms with E-state index in [0.29, 0.717) is 17.2 Å². The Hall–Kier alpha value is -2.47.